The molecule has 1 aliphatic heterocycles. The van der Waals surface area contributed by atoms with E-state index < -0.39 is 0 Å². The van der Waals surface area contributed by atoms with E-state index in [1.807, 2.05) is 0 Å². The standard InChI is InChI=1S/C17H28N2O/c1-14(2)18-12-15-6-4-5-7-16(15)13-19(3)17-8-10-20-11-9-17/h4-7,14,17-18H,8-13H2,1-3H3. The topological polar surface area (TPSA) is 24.5 Å². The smallest absolute Gasteiger partial charge is 0.0480 e. The third-order valence-corrected chi connectivity index (χ3v) is 4.05. The fraction of sp³-hybridized carbons (Fsp3) is 0.647. The molecule has 0 unspecified atom stereocenters. The molecule has 20 heavy (non-hydrogen) atoms. The number of rotatable bonds is 6. The van der Waals surface area contributed by atoms with Gasteiger partial charge in [0.1, 0.15) is 0 Å². The number of hydrogen-bond donors (Lipinski definition) is 1. The molecule has 1 saturated heterocycles. The van der Waals surface area contributed by atoms with Crippen molar-refractivity contribution in [3.05, 3.63) is 35.4 Å². The minimum atomic E-state index is 0.524. The van der Waals surface area contributed by atoms with E-state index >= 15 is 0 Å². The SMILES string of the molecule is CC(C)NCc1ccccc1CN(C)C1CCOCC1. The van der Waals surface area contributed by atoms with Crippen molar-refractivity contribution in [2.75, 3.05) is 20.3 Å². The average molecular weight is 276 g/mol. The van der Waals surface area contributed by atoms with Crippen molar-refractivity contribution in [2.45, 2.75) is 51.9 Å². The van der Waals surface area contributed by atoms with E-state index in [0.29, 0.717) is 12.1 Å². The van der Waals surface area contributed by atoms with Gasteiger partial charge in [0.15, 0.2) is 0 Å². The summed E-state index contributed by atoms with van der Waals surface area (Å²) in [7, 11) is 2.24. The van der Waals surface area contributed by atoms with Gasteiger partial charge < -0.3 is 10.1 Å². The monoisotopic (exact) mass is 276 g/mol. The Morgan fingerprint density at radius 3 is 2.50 bits per heavy atom. The van der Waals surface area contributed by atoms with Crippen LogP contribution in [0.3, 0.4) is 0 Å². The van der Waals surface area contributed by atoms with Gasteiger partial charge in [-0.2, -0.15) is 0 Å². The highest BCUT2D eigenvalue weighted by molar-refractivity contribution is 5.27. The van der Waals surface area contributed by atoms with Gasteiger partial charge in [0.25, 0.3) is 0 Å². The van der Waals surface area contributed by atoms with Gasteiger partial charge >= 0.3 is 0 Å². The van der Waals surface area contributed by atoms with Gasteiger partial charge in [0.05, 0.1) is 0 Å². The van der Waals surface area contributed by atoms with E-state index in [4.69, 9.17) is 4.74 Å². The Balaban J connectivity index is 1.96. The summed E-state index contributed by atoms with van der Waals surface area (Å²) in [5.41, 5.74) is 2.86. The zero-order valence-corrected chi connectivity index (χ0v) is 13.1. The van der Waals surface area contributed by atoms with E-state index in [1.165, 1.54) is 11.1 Å². The predicted molar refractivity (Wildman–Crippen MR) is 83.7 cm³/mol. The molecule has 0 amide bonds. The molecule has 3 nitrogen and oxygen atoms in total. The second kappa shape index (κ2) is 7.77. The van der Waals surface area contributed by atoms with Crippen LogP contribution < -0.4 is 5.32 Å². The molecule has 0 spiro atoms. The second-order valence-electron chi connectivity index (χ2n) is 6.06. The Bertz CT molecular complexity index is 400. The van der Waals surface area contributed by atoms with Crippen LogP contribution in [0.25, 0.3) is 0 Å². The van der Waals surface area contributed by atoms with E-state index in [1.54, 1.807) is 0 Å². The van der Waals surface area contributed by atoms with Crippen LogP contribution in [0.2, 0.25) is 0 Å². The minimum Gasteiger partial charge on any atom is -0.381 e. The van der Waals surface area contributed by atoms with Crippen molar-refractivity contribution >= 4 is 0 Å². The molecule has 1 aliphatic rings. The number of benzene rings is 1. The molecule has 1 fully saturated rings. The molecule has 0 bridgehead atoms. The fourth-order valence-corrected chi connectivity index (χ4v) is 2.72. The van der Waals surface area contributed by atoms with Gasteiger partial charge in [0.2, 0.25) is 0 Å². The summed E-state index contributed by atoms with van der Waals surface area (Å²) >= 11 is 0. The molecule has 0 radical (unpaired) electrons. The second-order valence-corrected chi connectivity index (χ2v) is 6.06. The first-order valence-electron chi connectivity index (χ1n) is 7.75. The van der Waals surface area contributed by atoms with Crippen molar-refractivity contribution in [2.24, 2.45) is 0 Å². The zero-order chi connectivity index (χ0) is 14.4. The summed E-state index contributed by atoms with van der Waals surface area (Å²) < 4.78 is 5.45. The van der Waals surface area contributed by atoms with Gasteiger partial charge in [-0.1, -0.05) is 38.1 Å². The Kier molecular flexibility index (Phi) is 6.02. The predicted octanol–water partition coefficient (Wildman–Crippen LogP) is 2.80. The van der Waals surface area contributed by atoms with Crippen molar-refractivity contribution in [3.63, 3.8) is 0 Å². The van der Waals surface area contributed by atoms with Crippen LogP contribution >= 0.6 is 0 Å². The van der Waals surface area contributed by atoms with Crippen LogP contribution in [0.4, 0.5) is 0 Å². The third kappa shape index (κ3) is 4.58. The van der Waals surface area contributed by atoms with Gasteiger partial charge in [-0.15, -0.1) is 0 Å². The Labute approximate surface area is 123 Å². The summed E-state index contributed by atoms with van der Waals surface area (Å²) in [6.07, 6.45) is 2.31. The zero-order valence-electron chi connectivity index (χ0n) is 13.1. The first kappa shape index (κ1) is 15.5. The lowest BCUT2D eigenvalue weighted by atomic mass is 10.0. The van der Waals surface area contributed by atoms with Crippen LogP contribution in [-0.2, 0) is 17.8 Å². The highest BCUT2D eigenvalue weighted by atomic mass is 16.5. The molecule has 2 rings (SSSR count). The van der Waals surface area contributed by atoms with Crippen molar-refractivity contribution < 1.29 is 4.74 Å². The van der Waals surface area contributed by atoms with Crippen molar-refractivity contribution in [1.82, 2.24) is 10.2 Å². The maximum atomic E-state index is 5.45. The highest BCUT2D eigenvalue weighted by Crippen LogP contribution is 2.17. The number of nitrogens with one attached hydrogen (secondary N) is 1. The summed E-state index contributed by atoms with van der Waals surface area (Å²) in [4.78, 5) is 2.48. The molecular weight excluding hydrogens is 248 g/mol. The number of nitrogens with zero attached hydrogens (tertiary/aromatic N) is 1. The molecule has 112 valence electrons. The largest absolute Gasteiger partial charge is 0.381 e. The molecular formula is C17H28N2O. The van der Waals surface area contributed by atoms with E-state index in [0.717, 1.165) is 39.1 Å². The normalized spacial score (nSPS) is 17.1. The van der Waals surface area contributed by atoms with Crippen molar-refractivity contribution in [1.29, 1.82) is 0 Å². The van der Waals surface area contributed by atoms with Crippen LogP contribution in [0, 0.1) is 0 Å². The lowest BCUT2D eigenvalue weighted by molar-refractivity contribution is 0.0406. The molecule has 3 heteroatoms. The van der Waals surface area contributed by atoms with Gasteiger partial charge in [-0.05, 0) is 31.0 Å². The molecule has 1 heterocycles. The van der Waals surface area contributed by atoms with E-state index in [2.05, 4.69) is 55.4 Å². The fourth-order valence-electron chi connectivity index (χ4n) is 2.72. The van der Waals surface area contributed by atoms with Crippen molar-refractivity contribution in [3.8, 4) is 0 Å². The lowest BCUT2D eigenvalue weighted by Crippen LogP contribution is -2.36. The van der Waals surface area contributed by atoms with E-state index in [9.17, 15) is 0 Å². The summed E-state index contributed by atoms with van der Waals surface area (Å²) in [5, 5.41) is 3.52. The van der Waals surface area contributed by atoms with Gasteiger partial charge in [0, 0.05) is 38.4 Å². The summed E-state index contributed by atoms with van der Waals surface area (Å²) in [6, 6.07) is 9.96. The molecule has 1 aromatic carbocycles. The Morgan fingerprint density at radius 1 is 1.20 bits per heavy atom. The molecule has 1 N–H and O–H groups in total. The lowest BCUT2D eigenvalue weighted by Gasteiger charge is -2.31. The Hall–Kier alpha value is -0.900. The van der Waals surface area contributed by atoms with Gasteiger partial charge in [-0.25, -0.2) is 0 Å². The van der Waals surface area contributed by atoms with Crippen LogP contribution in [0.15, 0.2) is 24.3 Å². The molecule has 0 aliphatic carbocycles. The maximum absolute atomic E-state index is 5.45. The highest BCUT2D eigenvalue weighted by Gasteiger charge is 2.19. The first-order valence-corrected chi connectivity index (χ1v) is 7.75. The minimum absolute atomic E-state index is 0.524. The van der Waals surface area contributed by atoms with E-state index in [-0.39, 0.29) is 0 Å². The molecule has 0 aromatic heterocycles. The quantitative estimate of drug-likeness (QED) is 0.864. The van der Waals surface area contributed by atoms with Crippen LogP contribution in [-0.4, -0.2) is 37.2 Å². The van der Waals surface area contributed by atoms with Crippen LogP contribution in [0.1, 0.15) is 37.8 Å². The summed E-state index contributed by atoms with van der Waals surface area (Å²) in [5.74, 6) is 0. The molecule has 0 atom stereocenters. The molecule has 1 aromatic rings. The average Bonchev–Trinajstić information content (AvgIpc) is 2.47. The van der Waals surface area contributed by atoms with Gasteiger partial charge in [-0.3, -0.25) is 4.90 Å². The Morgan fingerprint density at radius 2 is 1.85 bits per heavy atom. The maximum Gasteiger partial charge on any atom is 0.0480 e. The number of hydrogen-bond acceptors (Lipinski definition) is 3. The molecule has 0 saturated carbocycles. The third-order valence-electron chi connectivity index (χ3n) is 4.05. The summed E-state index contributed by atoms with van der Waals surface area (Å²) in [6.45, 7) is 8.18. The first-order chi connectivity index (χ1) is 9.66. The van der Waals surface area contributed by atoms with Crippen LogP contribution in [0.5, 0.6) is 0 Å². The number of ether oxygens (including phenoxy) is 1.